The molecule has 0 aromatic rings. The van der Waals surface area contributed by atoms with Gasteiger partial charge >= 0.3 is 0 Å². The molecule has 4 aliphatic carbocycles. The van der Waals surface area contributed by atoms with Gasteiger partial charge in [0.2, 0.25) is 0 Å². The number of hydrogen-bond donors (Lipinski definition) is 1. The second-order valence-corrected chi connectivity index (χ2v) is 9.52. The van der Waals surface area contributed by atoms with Crippen LogP contribution in [0.1, 0.15) is 65.7 Å². The highest BCUT2D eigenvalue weighted by Crippen LogP contribution is 2.70. The van der Waals surface area contributed by atoms with Crippen molar-refractivity contribution in [3.05, 3.63) is 0 Å². The summed E-state index contributed by atoms with van der Waals surface area (Å²) in [6, 6.07) is 0.662. The average Bonchev–Trinajstić information content (AvgIpc) is 2.32. The summed E-state index contributed by atoms with van der Waals surface area (Å²) >= 11 is 0. The van der Waals surface area contributed by atoms with E-state index in [0.29, 0.717) is 28.2 Å². The van der Waals surface area contributed by atoms with E-state index in [0.717, 1.165) is 12.5 Å². The lowest BCUT2D eigenvalue weighted by Crippen LogP contribution is -2.62. The maximum absolute atomic E-state index is 5.34. The van der Waals surface area contributed by atoms with Crippen LogP contribution in [-0.4, -0.2) is 26.8 Å². The second kappa shape index (κ2) is 5.23. The minimum Gasteiger partial charge on any atom is -0.385 e. The van der Waals surface area contributed by atoms with Crippen LogP contribution in [0.5, 0.6) is 0 Å². The first-order valence-electron chi connectivity index (χ1n) is 9.00. The number of methoxy groups -OCH3 is 1. The highest BCUT2D eigenvalue weighted by atomic mass is 16.5. The first-order chi connectivity index (χ1) is 9.84. The molecule has 0 amide bonds. The van der Waals surface area contributed by atoms with Crippen molar-refractivity contribution in [1.82, 2.24) is 5.32 Å². The van der Waals surface area contributed by atoms with E-state index < -0.39 is 0 Å². The first-order valence-corrected chi connectivity index (χ1v) is 9.00. The molecule has 0 radical (unpaired) electrons. The van der Waals surface area contributed by atoms with Gasteiger partial charge in [-0.3, -0.25) is 0 Å². The summed E-state index contributed by atoms with van der Waals surface area (Å²) in [4.78, 5) is 0. The van der Waals surface area contributed by atoms with Crippen molar-refractivity contribution in [2.75, 3.05) is 20.8 Å². The van der Waals surface area contributed by atoms with Gasteiger partial charge in [-0.05, 0) is 80.1 Å². The van der Waals surface area contributed by atoms with Gasteiger partial charge in [-0.1, -0.05) is 20.8 Å². The van der Waals surface area contributed by atoms with Gasteiger partial charge in [0.15, 0.2) is 0 Å². The van der Waals surface area contributed by atoms with Gasteiger partial charge in [0.05, 0.1) is 0 Å². The Balaban J connectivity index is 1.85. The molecule has 0 aromatic carbocycles. The highest BCUT2D eigenvalue weighted by molar-refractivity contribution is 5.13. The lowest BCUT2D eigenvalue weighted by Gasteiger charge is -2.68. The Hall–Kier alpha value is -0.0800. The van der Waals surface area contributed by atoms with Gasteiger partial charge in [-0.25, -0.2) is 0 Å². The largest absolute Gasteiger partial charge is 0.385 e. The van der Waals surface area contributed by atoms with Crippen LogP contribution in [0.3, 0.4) is 0 Å². The fourth-order valence-corrected chi connectivity index (χ4v) is 7.55. The Morgan fingerprint density at radius 2 is 1.71 bits per heavy atom. The van der Waals surface area contributed by atoms with Gasteiger partial charge < -0.3 is 10.1 Å². The Morgan fingerprint density at radius 3 is 2.19 bits per heavy atom. The summed E-state index contributed by atoms with van der Waals surface area (Å²) in [6.07, 6.45) is 10.0. The molecule has 0 spiro atoms. The first kappa shape index (κ1) is 15.8. The molecule has 0 heterocycles. The smallest absolute Gasteiger partial charge is 0.0465 e. The van der Waals surface area contributed by atoms with Gasteiger partial charge in [0.25, 0.3) is 0 Å². The fourth-order valence-electron chi connectivity index (χ4n) is 7.55. The molecule has 2 heteroatoms. The van der Waals surface area contributed by atoms with Gasteiger partial charge in [0.1, 0.15) is 0 Å². The van der Waals surface area contributed by atoms with Gasteiger partial charge in [0, 0.05) is 19.8 Å². The summed E-state index contributed by atoms with van der Waals surface area (Å²) in [5.74, 6) is 1.69. The van der Waals surface area contributed by atoms with Gasteiger partial charge in [-0.15, -0.1) is 0 Å². The van der Waals surface area contributed by atoms with Crippen molar-refractivity contribution < 1.29 is 4.74 Å². The Labute approximate surface area is 131 Å². The molecule has 4 unspecified atom stereocenters. The maximum atomic E-state index is 5.34. The normalized spacial score (nSPS) is 47.6. The van der Waals surface area contributed by atoms with E-state index in [1.165, 1.54) is 44.9 Å². The van der Waals surface area contributed by atoms with E-state index in [4.69, 9.17) is 4.74 Å². The molecule has 0 aromatic heterocycles. The molecule has 2 nitrogen and oxygen atoms in total. The zero-order valence-electron chi connectivity index (χ0n) is 14.8. The summed E-state index contributed by atoms with van der Waals surface area (Å²) in [5.41, 5.74) is 1.78. The maximum Gasteiger partial charge on any atom is 0.0465 e. The minimum absolute atomic E-state index is 0.546. The third-order valence-electron chi connectivity index (χ3n) is 6.99. The van der Waals surface area contributed by atoms with Crippen molar-refractivity contribution in [3.63, 3.8) is 0 Å². The van der Waals surface area contributed by atoms with Crippen molar-refractivity contribution >= 4 is 0 Å². The predicted molar refractivity (Wildman–Crippen MR) is 88.3 cm³/mol. The van der Waals surface area contributed by atoms with Crippen molar-refractivity contribution in [1.29, 1.82) is 0 Å². The number of rotatable bonds is 6. The molecule has 0 saturated heterocycles. The molecule has 4 fully saturated rings. The molecule has 4 bridgehead atoms. The molecule has 4 saturated carbocycles. The Morgan fingerprint density at radius 1 is 1.10 bits per heavy atom. The van der Waals surface area contributed by atoms with Crippen LogP contribution in [0, 0.1) is 28.1 Å². The minimum atomic E-state index is 0.546. The molecule has 4 aliphatic rings. The molecular weight excluding hydrogens is 258 g/mol. The Kier molecular flexibility index (Phi) is 3.94. The van der Waals surface area contributed by atoms with Crippen LogP contribution in [0.15, 0.2) is 0 Å². The third kappa shape index (κ3) is 2.67. The van der Waals surface area contributed by atoms with E-state index in [1.807, 2.05) is 7.11 Å². The van der Waals surface area contributed by atoms with E-state index in [1.54, 1.807) is 0 Å². The van der Waals surface area contributed by atoms with Crippen LogP contribution in [0.2, 0.25) is 0 Å². The lowest BCUT2D eigenvalue weighted by molar-refractivity contribution is -0.163. The highest BCUT2D eigenvalue weighted by Gasteiger charge is 2.62. The predicted octanol–water partition coefficient (Wildman–Crippen LogP) is 4.24. The summed E-state index contributed by atoms with van der Waals surface area (Å²) in [7, 11) is 4.02. The Bertz CT molecular complexity index is 375. The molecule has 0 aliphatic heterocycles. The quantitative estimate of drug-likeness (QED) is 0.790. The SMILES string of the molecule is CNC(C(C)CCOC)C12CC3CC(C)(CC(C)(C3)C1)C2. The van der Waals surface area contributed by atoms with E-state index in [-0.39, 0.29) is 0 Å². The molecule has 21 heavy (non-hydrogen) atoms. The lowest BCUT2D eigenvalue weighted by atomic mass is 9.38. The molecule has 4 atom stereocenters. The average molecular weight is 293 g/mol. The van der Waals surface area contributed by atoms with Crippen molar-refractivity contribution in [2.24, 2.45) is 28.1 Å². The van der Waals surface area contributed by atoms with E-state index in [2.05, 4.69) is 33.1 Å². The molecule has 1 N–H and O–H groups in total. The van der Waals surface area contributed by atoms with E-state index >= 15 is 0 Å². The van der Waals surface area contributed by atoms with E-state index in [9.17, 15) is 0 Å². The number of ether oxygens (including phenoxy) is 1. The zero-order valence-corrected chi connectivity index (χ0v) is 14.8. The topological polar surface area (TPSA) is 21.3 Å². The van der Waals surface area contributed by atoms with Crippen molar-refractivity contribution in [2.45, 2.75) is 71.8 Å². The van der Waals surface area contributed by atoms with Crippen LogP contribution in [-0.2, 0) is 4.74 Å². The van der Waals surface area contributed by atoms with Crippen molar-refractivity contribution in [3.8, 4) is 0 Å². The van der Waals surface area contributed by atoms with Gasteiger partial charge in [-0.2, -0.15) is 0 Å². The summed E-state index contributed by atoms with van der Waals surface area (Å²) < 4.78 is 5.34. The molecule has 122 valence electrons. The molecule has 4 rings (SSSR count). The molecular formula is C19H35NO. The summed E-state index contributed by atoms with van der Waals surface area (Å²) in [6.45, 7) is 8.49. The summed E-state index contributed by atoms with van der Waals surface area (Å²) in [5, 5.41) is 3.75. The number of nitrogens with one attached hydrogen (secondary N) is 1. The monoisotopic (exact) mass is 293 g/mol. The van der Waals surface area contributed by atoms with Crippen LogP contribution < -0.4 is 5.32 Å². The van der Waals surface area contributed by atoms with Crippen LogP contribution in [0.4, 0.5) is 0 Å². The standard InChI is InChI=1S/C19H35NO/c1-14(6-7-21-5)16(20-4)19-10-15-8-17(2,12-19)11-18(3,9-15)13-19/h14-16,20H,6-13H2,1-5H3. The second-order valence-electron chi connectivity index (χ2n) is 9.52. The number of hydrogen-bond acceptors (Lipinski definition) is 2. The fraction of sp³-hybridized carbons (Fsp3) is 1.00. The van der Waals surface area contributed by atoms with Crippen LogP contribution >= 0.6 is 0 Å². The van der Waals surface area contributed by atoms with Crippen LogP contribution in [0.25, 0.3) is 0 Å². The third-order valence-corrected chi connectivity index (χ3v) is 6.99. The zero-order chi connectivity index (χ0) is 15.3.